The van der Waals surface area contributed by atoms with Gasteiger partial charge in [0, 0.05) is 24.8 Å². The molecule has 1 fully saturated rings. The van der Waals surface area contributed by atoms with Crippen LogP contribution in [0.3, 0.4) is 0 Å². The number of nitrogens with two attached hydrogens (primary N) is 1. The van der Waals surface area contributed by atoms with Crippen LogP contribution in [0.2, 0.25) is 0 Å². The molecule has 1 saturated heterocycles. The largest absolute Gasteiger partial charge is 0.419 e. The third-order valence-corrected chi connectivity index (χ3v) is 6.39. The molecular formula is C23H26F3N9O. The highest BCUT2D eigenvalue weighted by atomic mass is 19.4. The van der Waals surface area contributed by atoms with Gasteiger partial charge in [-0.1, -0.05) is 0 Å². The Bertz CT molecular complexity index is 1310. The van der Waals surface area contributed by atoms with E-state index in [1.807, 2.05) is 28.9 Å². The van der Waals surface area contributed by atoms with Crippen LogP contribution in [0.4, 0.5) is 30.4 Å². The summed E-state index contributed by atoms with van der Waals surface area (Å²) >= 11 is 0. The van der Waals surface area contributed by atoms with Gasteiger partial charge in [0.25, 0.3) is 0 Å². The van der Waals surface area contributed by atoms with Crippen molar-refractivity contribution >= 4 is 34.1 Å². The molecule has 0 atom stereocenters. The Hall–Kier alpha value is -3.71. The Morgan fingerprint density at radius 1 is 1.19 bits per heavy atom. The first-order valence-corrected chi connectivity index (χ1v) is 11.5. The molecule has 5 heterocycles. The van der Waals surface area contributed by atoms with E-state index in [0.29, 0.717) is 42.0 Å². The van der Waals surface area contributed by atoms with E-state index in [4.69, 9.17) is 5.73 Å². The lowest BCUT2D eigenvalue weighted by Crippen LogP contribution is -2.52. The fourth-order valence-electron chi connectivity index (χ4n) is 4.59. The molecule has 190 valence electrons. The summed E-state index contributed by atoms with van der Waals surface area (Å²) in [6.07, 6.45) is -0.167. The maximum atomic E-state index is 13.4. The molecule has 0 bridgehead atoms. The number of pyridine rings is 3. The number of alkyl halides is 3. The molecule has 5 rings (SSSR count). The molecule has 0 saturated carbocycles. The zero-order valence-electron chi connectivity index (χ0n) is 19.8. The van der Waals surface area contributed by atoms with Crippen molar-refractivity contribution in [2.75, 3.05) is 49.9 Å². The Labute approximate surface area is 205 Å². The number of likely N-dealkylation sites (N-methyl/N-ethyl adjacent to an activating group) is 1. The Balaban J connectivity index is 1.45. The molecule has 0 unspecified atom stereocenters. The number of carbonyl (C=O) groups excluding carboxylic acids is 1. The van der Waals surface area contributed by atoms with Gasteiger partial charge in [-0.3, -0.25) is 14.8 Å². The maximum Gasteiger partial charge on any atom is 0.419 e. The van der Waals surface area contributed by atoms with Crippen molar-refractivity contribution in [1.29, 1.82) is 0 Å². The molecule has 13 heteroatoms. The van der Waals surface area contributed by atoms with Gasteiger partial charge in [0.2, 0.25) is 5.91 Å². The number of hydrogen-bond acceptors (Lipinski definition) is 9. The lowest BCUT2D eigenvalue weighted by Gasteiger charge is -2.37. The summed E-state index contributed by atoms with van der Waals surface area (Å²) in [7, 11) is 3.73. The van der Waals surface area contributed by atoms with Crippen LogP contribution in [0, 0.1) is 0 Å². The van der Waals surface area contributed by atoms with Crippen molar-refractivity contribution in [3.05, 3.63) is 36.2 Å². The quantitative estimate of drug-likeness (QED) is 0.496. The van der Waals surface area contributed by atoms with Crippen LogP contribution < -0.4 is 21.7 Å². The van der Waals surface area contributed by atoms with E-state index < -0.39 is 17.6 Å². The van der Waals surface area contributed by atoms with Crippen molar-refractivity contribution in [3.8, 4) is 11.3 Å². The first-order chi connectivity index (χ1) is 17.1. The molecule has 0 aliphatic carbocycles. The molecule has 3 aromatic rings. The summed E-state index contributed by atoms with van der Waals surface area (Å²) in [5.41, 5.74) is 13.9. The predicted octanol–water partition coefficient (Wildman–Crippen LogP) is 2.50. The molecule has 1 amide bonds. The summed E-state index contributed by atoms with van der Waals surface area (Å²) in [5, 5.41) is 1.98. The number of nitrogens with zero attached hydrogens (tertiary/aromatic N) is 6. The third kappa shape index (κ3) is 4.46. The van der Waals surface area contributed by atoms with Crippen molar-refractivity contribution in [3.63, 3.8) is 0 Å². The molecule has 0 spiro atoms. The number of anilines is 3. The minimum absolute atomic E-state index is 0.0771. The molecule has 4 N–H and O–H groups in total. The van der Waals surface area contributed by atoms with Crippen LogP contribution >= 0.6 is 0 Å². The average molecular weight is 502 g/mol. The van der Waals surface area contributed by atoms with Crippen molar-refractivity contribution < 1.29 is 18.0 Å². The highest BCUT2D eigenvalue weighted by Gasteiger charge is 2.35. The molecule has 0 aromatic carbocycles. The topological polar surface area (TPSA) is 116 Å². The second-order valence-corrected chi connectivity index (χ2v) is 9.20. The summed E-state index contributed by atoms with van der Waals surface area (Å²) < 4.78 is 40.1. The molecule has 10 nitrogen and oxygen atoms in total. The van der Waals surface area contributed by atoms with E-state index in [2.05, 4.69) is 25.9 Å². The minimum atomic E-state index is -4.62. The Morgan fingerprint density at radius 3 is 2.64 bits per heavy atom. The second kappa shape index (κ2) is 9.06. The van der Waals surface area contributed by atoms with Crippen LogP contribution in [0.1, 0.15) is 18.4 Å². The van der Waals surface area contributed by atoms with Crippen LogP contribution in [0.5, 0.6) is 0 Å². The number of hydrazine groups is 2. The number of nitrogens with one attached hydrogen (secondary N) is 2. The van der Waals surface area contributed by atoms with Gasteiger partial charge in [0.05, 0.1) is 41.2 Å². The number of nitrogen functional groups attached to an aromatic ring is 1. The van der Waals surface area contributed by atoms with Gasteiger partial charge in [0.15, 0.2) is 0 Å². The maximum absolute atomic E-state index is 13.4. The number of aromatic nitrogens is 3. The molecule has 36 heavy (non-hydrogen) atoms. The zero-order chi connectivity index (χ0) is 25.6. The SMILES string of the molecule is CN(C)CC(=O)N1CCC(N2NNc3cnc4ccc(-c5cnc(N)c(C(F)(F)F)c5)nc4c32)CC1. The summed E-state index contributed by atoms with van der Waals surface area (Å²) in [5.74, 6) is -0.479. The highest BCUT2D eigenvalue weighted by Crippen LogP contribution is 2.39. The van der Waals surface area contributed by atoms with E-state index in [-0.39, 0.29) is 17.5 Å². The lowest BCUT2D eigenvalue weighted by molar-refractivity contribution is -0.137. The van der Waals surface area contributed by atoms with Crippen LogP contribution in [-0.2, 0) is 11.0 Å². The van der Waals surface area contributed by atoms with Gasteiger partial charge in [-0.05, 0) is 45.1 Å². The minimum Gasteiger partial charge on any atom is -0.383 e. The molecule has 3 aromatic heterocycles. The van der Waals surface area contributed by atoms with E-state index in [1.54, 1.807) is 18.3 Å². The van der Waals surface area contributed by atoms with Crippen molar-refractivity contribution in [2.24, 2.45) is 0 Å². The van der Waals surface area contributed by atoms with Gasteiger partial charge >= 0.3 is 6.18 Å². The smallest absolute Gasteiger partial charge is 0.383 e. The first-order valence-electron chi connectivity index (χ1n) is 11.5. The van der Waals surface area contributed by atoms with Gasteiger partial charge in [0.1, 0.15) is 17.0 Å². The number of amides is 1. The number of likely N-dealkylation sites (tertiary alicyclic amines) is 1. The zero-order valence-corrected chi connectivity index (χ0v) is 19.8. The molecular weight excluding hydrogens is 475 g/mol. The summed E-state index contributed by atoms with van der Waals surface area (Å²) in [4.78, 5) is 29.0. The van der Waals surface area contributed by atoms with E-state index in [0.717, 1.165) is 24.6 Å². The fourth-order valence-corrected chi connectivity index (χ4v) is 4.59. The summed E-state index contributed by atoms with van der Waals surface area (Å²) in [6.45, 7) is 1.63. The van der Waals surface area contributed by atoms with Crippen LogP contribution in [0.15, 0.2) is 30.6 Å². The highest BCUT2D eigenvalue weighted by molar-refractivity contribution is 5.97. The van der Waals surface area contributed by atoms with Gasteiger partial charge in [-0.15, -0.1) is 5.53 Å². The number of halogens is 3. The third-order valence-electron chi connectivity index (χ3n) is 6.39. The molecule has 0 radical (unpaired) electrons. The number of rotatable bonds is 4. The Morgan fingerprint density at radius 2 is 1.94 bits per heavy atom. The predicted molar refractivity (Wildman–Crippen MR) is 130 cm³/mol. The second-order valence-electron chi connectivity index (χ2n) is 9.20. The molecule has 2 aliphatic heterocycles. The van der Waals surface area contributed by atoms with E-state index >= 15 is 0 Å². The number of piperidine rings is 1. The fraction of sp³-hybridized carbons (Fsp3) is 0.391. The van der Waals surface area contributed by atoms with Crippen LogP contribution in [-0.4, -0.2) is 70.4 Å². The molecule has 2 aliphatic rings. The number of carbonyl (C=O) groups is 1. The van der Waals surface area contributed by atoms with Gasteiger partial charge < -0.3 is 21.0 Å². The van der Waals surface area contributed by atoms with E-state index in [1.165, 1.54) is 6.20 Å². The standard InChI is InChI=1S/C23H26F3N9O/c1-33(2)12-19(36)34-7-5-14(6-8-34)35-21-18(31-32-35)11-28-17-4-3-16(30-20(17)21)13-9-15(23(24,25)26)22(27)29-10-13/h3-4,9-11,14,31-32H,5-8,12H2,1-2H3,(H2,27,29). The summed E-state index contributed by atoms with van der Waals surface area (Å²) in [6, 6.07) is 4.38. The Kier molecular flexibility index (Phi) is 6.04. The van der Waals surface area contributed by atoms with Crippen molar-refractivity contribution in [2.45, 2.75) is 25.1 Å². The lowest BCUT2D eigenvalue weighted by atomic mass is 10.0. The normalized spacial score (nSPS) is 16.5. The first kappa shape index (κ1) is 24.0. The van der Waals surface area contributed by atoms with E-state index in [9.17, 15) is 18.0 Å². The number of hydrogen-bond donors (Lipinski definition) is 3. The van der Waals surface area contributed by atoms with Crippen molar-refractivity contribution in [1.82, 2.24) is 30.3 Å². The van der Waals surface area contributed by atoms with Gasteiger partial charge in [-0.2, -0.15) is 13.2 Å². The van der Waals surface area contributed by atoms with Crippen LogP contribution in [0.25, 0.3) is 22.3 Å². The monoisotopic (exact) mass is 501 g/mol. The van der Waals surface area contributed by atoms with Gasteiger partial charge in [-0.25, -0.2) is 9.97 Å². The average Bonchev–Trinajstić information content (AvgIpc) is 3.28. The number of fused-ring (bicyclic) bond motifs is 3.